The molecule has 0 aliphatic carbocycles. The van der Waals surface area contributed by atoms with Gasteiger partial charge in [-0.2, -0.15) is 0 Å². The van der Waals surface area contributed by atoms with Crippen molar-refractivity contribution in [2.24, 2.45) is 0 Å². The van der Waals surface area contributed by atoms with Crippen LogP contribution in [0.1, 0.15) is 0 Å². The molecule has 1 N–H and O–H groups in total. The van der Waals surface area contributed by atoms with Crippen molar-refractivity contribution in [3.63, 3.8) is 0 Å². The molecular weight excluding hydrogens is 384 g/mol. The molecule has 2 aliphatic heterocycles. The van der Waals surface area contributed by atoms with Crippen LogP contribution in [0.15, 0.2) is 36.6 Å². The van der Waals surface area contributed by atoms with Crippen molar-refractivity contribution >= 4 is 23.6 Å². The molecule has 1 saturated heterocycles. The Bertz CT molecular complexity index is 609. The van der Waals surface area contributed by atoms with Crippen molar-refractivity contribution in [3.8, 4) is 0 Å². The third-order valence-electron chi connectivity index (χ3n) is 4.18. The van der Waals surface area contributed by atoms with Crippen LogP contribution in [0.25, 0.3) is 0 Å². The van der Waals surface area contributed by atoms with E-state index < -0.39 is 5.97 Å². The van der Waals surface area contributed by atoms with Crippen molar-refractivity contribution in [3.05, 3.63) is 36.6 Å². The third-order valence-corrected chi connectivity index (χ3v) is 5.49. The number of fused-ring (bicyclic) bond motifs is 1. The Morgan fingerprint density at radius 2 is 1.96 bits per heavy atom. The number of rotatable bonds is 14. The lowest BCUT2D eigenvalue weighted by Crippen LogP contribution is -2.70. The Labute approximate surface area is 169 Å². The van der Waals surface area contributed by atoms with Crippen LogP contribution in [0.4, 0.5) is 0 Å². The molecule has 28 heavy (non-hydrogen) atoms. The minimum Gasteiger partial charge on any atom is -0.457 e. The molecular formula is C19H28N2O6S. The van der Waals surface area contributed by atoms with E-state index in [1.54, 1.807) is 24.9 Å². The van der Waals surface area contributed by atoms with Crippen molar-refractivity contribution in [1.82, 2.24) is 10.2 Å². The van der Waals surface area contributed by atoms with E-state index in [2.05, 4.69) is 18.5 Å². The third kappa shape index (κ3) is 5.68. The molecule has 0 radical (unpaired) electrons. The average Bonchev–Trinajstić information content (AvgIpc) is 2.71. The topological polar surface area (TPSA) is 86.3 Å². The second kappa shape index (κ2) is 12.0. The fraction of sp³-hybridized carbons (Fsp3) is 0.579. The van der Waals surface area contributed by atoms with Crippen LogP contribution in [0.2, 0.25) is 0 Å². The Morgan fingerprint density at radius 3 is 2.64 bits per heavy atom. The van der Waals surface area contributed by atoms with Gasteiger partial charge >= 0.3 is 5.97 Å². The largest absolute Gasteiger partial charge is 0.457 e. The SMILES string of the molecule is C=CCOC(=O)C1=C(C=C)CSC2C(NCCOCCOCCOC)C(=O)N12. The number of esters is 1. The molecule has 0 bridgehead atoms. The van der Waals surface area contributed by atoms with E-state index in [4.69, 9.17) is 18.9 Å². The van der Waals surface area contributed by atoms with Gasteiger partial charge in [0.25, 0.3) is 0 Å². The van der Waals surface area contributed by atoms with Gasteiger partial charge in [-0.15, -0.1) is 11.8 Å². The molecule has 2 heterocycles. The molecule has 0 saturated carbocycles. The Kier molecular flexibility index (Phi) is 9.72. The minimum atomic E-state index is -0.524. The quantitative estimate of drug-likeness (QED) is 0.193. The van der Waals surface area contributed by atoms with Crippen molar-refractivity contribution in [1.29, 1.82) is 0 Å². The van der Waals surface area contributed by atoms with Gasteiger partial charge < -0.3 is 24.3 Å². The molecule has 8 nitrogen and oxygen atoms in total. The molecule has 2 rings (SSSR count). The van der Waals surface area contributed by atoms with E-state index in [9.17, 15) is 9.59 Å². The summed E-state index contributed by atoms with van der Waals surface area (Å²) < 4.78 is 20.8. The molecule has 9 heteroatoms. The van der Waals surface area contributed by atoms with Crippen LogP contribution in [0, 0.1) is 0 Å². The first-order valence-electron chi connectivity index (χ1n) is 9.11. The Morgan fingerprint density at radius 1 is 1.25 bits per heavy atom. The van der Waals surface area contributed by atoms with Gasteiger partial charge in [0.1, 0.15) is 23.7 Å². The number of carbonyl (C=O) groups excluding carboxylic acids is 2. The van der Waals surface area contributed by atoms with Crippen LogP contribution < -0.4 is 5.32 Å². The summed E-state index contributed by atoms with van der Waals surface area (Å²) in [4.78, 5) is 26.4. The normalized spacial score (nSPS) is 21.2. The molecule has 156 valence electrons. The molecule has 0 aromatic rings. The van der Waals surface area contributed by atoms with E-state index in [1.807, 2.05) is 0 Å². The number of β-lactam (4-membered cyclic amide) rings is 1. The first-order chi connectivity index (χ1) is 13.7. The van der Waals surface area contributed by atoms with E-state index in [1.165, 1.54) is 11.0 Å². The summed E-state index contributed by atoms with van der Waals surface area (Å²) in [6.07, 6.45) is 3.09. The highest BCUT2D eigenvalue weighted by atomic mass is 32.2. The van der Waals surface area contributed by atoms with Crippen molar-refractivity contribution in [2.45, 2.75) is 11.4 Å². The number of amides is 1. The maximum atomic E-state index is 12.6. The molecule has 2 aliphatic rings. The van der Waals surface area contributed by atoms with Gasteiger partial charge in [0.15, 0.2) is 0 Å². The zero-order valence-corrected chi connectivity index (χ0v) is 17.0. The maximum absolute atomic E-state index is 12.6. The second-order valence-corrected chi connectivity index (χ2v) is 7.13. The molecule has 0 aromatic carbocycles. The Hall–Kier alpha value is -1.65. The number of carbonyl (C=O) groups is 2. The monoisotopic (exact) mass is 412 g/mol. The smallest absolute Gasteiger partial charge is 0.355 e. The van der Waals surface area contributed by atoms with Crippen LogP contribution >= 0.6 is 11.8 Å². The van der Waals surface area contributed by atoms with Crippen LogP contribution in [-0.2, 0) is 28.5 Å². The van der Waals surface area contributed by atoms with Gasteiger partial charge in [0, 0.05) is 19.4 Å². The van der Waals surface area contributed by atoms with E-state index in [-0.39, 0.29) is 29.6 Å². The number of methoxy groups -OCH3 is 1. The van der Waals surface area contributed by atoms with Gasteiger partial charge in [-0.1, -0.05) is 25.3 Å². The first-order valence-corrected chi connectivity index (χ1v) is 10.2. The number of nitrogens with zero attached hydrogens (tertiary/aromatic N) is 1. The standard InChI is InChI=1S/C19H28N2O6S/c1-4-7-27-19(23)16-14(5-2)13-28-18-15(17(22)21(16)18)20-6-8-25-11-12-26-10-9-24-3/h4-5,15,18,20H,1-2,6-13H2,3H3. The highest BCUT2D eigenvalue weighted by Gasteiger charge is 2.53. The molecule has 0 aromatic heterocycles. The summed E-state index contributed by atoms with van der Waals surface area (Å²) in [6, 6.07) is -0.347. The number of ether oxygens (including phenoxy) is 4. The van der Waals surface area contributed by atoms with Crippen LogP contribution in [-0.4, -0.2) is 87.2 Å². The van der Waals surface area contributed by atoms with Gasteiger partial charge in [-0.3, -0.25) is 9.69 Å². The highest BCUT2D eigenvalue weighted by Crippen LogP contribution is 2.40. The van der Waals surface area contributed by atoms with Gasteiger partial charge in [-0.25, -0.2) is 4.79 Å². The molecule has 1 fully saturated rings. The lowest BCUT2D eigenvalue weighted by Gasteiger charge is -2.49. The first kappa shape index (κ1) is 22.6. The van der Waals surface area contributed by atoms with E-state index >= 15 is 0 Å². The van der Waals surface area contributed by atoms with E-state index in [0.29, 0.717) is 50.9 Å². The molecule has 2 unspecified atom stereocenters. The summed E-state index contributed by atoms with van der Waals surface area (Å²) >= 11 is 1.59. The van der Waals surface area contributed by atoms with Crippen molar-refractivity contribution in [2.75, 3.05) is 59.0 Å². The van der Waals surface area contributed by atoms with Crippen molar-refractivity contribution < 1.29 is 28.5 Å². The number of thioether (sulfide) groups is 1. The number of nitrogens with one attached hydrogen (secondary N) is 1. The second-order valence-electron chi connectivity index (χ2n) is 6.02. The van der Waals surface area contributed by atoms with Gasteiger partial charge in [-0.05, 0) is 5.57 Å². The predicted molar refractivity (Wildman–Crippen MR) is 107 cm³/mol. The van der Waals surface area contributed by atoms with Gasteiger partial charge in [0.2, 0.25) is 5.91 Å². The van der Waals surface area contributed by atoms with Gasteiger partial charge in [0.05, 0.1) is 33.0 Å². The molecule has 1 amide bonds. The zero-order valence-electron chi connectivity index (χ0n) is 16.2. The highest BCUT2D eigenvalue weighted by molar-refractivity contribution is 8.00. The summed E-state index contributed by atoms with van der Waals surface area (Å²) in [5.74, 6) is -0.0713. The summed E-state index contributed by atoms with van der Waals surface area (Å²) in [5.41, 5.74) is 0.993. The summed E-state index contributed by atoms with van der Waals surface area (Å²) in [7, 11) is 1.63. The minimum absolute atomic E-state index is 0.0980. The Balaban J connectivity index is 1.77. The lowest BCUT2D eigenvalue weighted by atomic mass is 10.0. The summed E-state index contributed by atoms with van der Waals surface area (Å²) in [6.45, 7) is 10.5. The maximum Gasteiger partial charge on any atom is 0.355 e. The average molecular weight is 413 g/mol. The predicted octanol–water partition coefficient (Wildman–Crippen LogP) is 0.709. The fourth-order valence-corrected chi connectivity index (χ4v) is 4.17. The number of hydrogen-bond acceptors (Lipinski definition) is 8. The summed E-state index contributed by atoms with van der Waals surface area (Å²) in [5, 5.41) is 3.06. The lowest BCUT2D eigenvalue weighted by molar-refractivity contribution is -0.151. The fourth-order valence-electron chi connectivity index (χ4n) is 2.80. The molecule has 2 atom stereocenters. The number of hydrogen-bond donors (Lipinski definition) is 1. The van der Waals surface area contributed by atoms with Crippen LogP contribution in [0.5, 0.6) is 0 Å². The molecule has 0 spiro atoms. The number of allylic oxidation sites excluding steroid dienone is 1. The van der Waals surface area contributed by atoms with Crippen LogP contribution in [0.3, 0.4) is 0 Å². The zero-order chi connectivity index (χ0) is 20.4. The van der Waals surface area contributed by atoms with E-state index in [0.717, 1.165) is 0 Å².